The Kier molecular flexibility index (Phi) is 5.92. The molecule has 0 radical (unpaired) electrons. The molecular weight excluding hydrogens is 376 g/mol. The summed E-state index contributed by atoms with van der Waals surface area (Å²) in [7, 11) is 0. The van der Waals surface area contributed by atoms with Crippen molar-refractivity contribution in [3.8, 4) is 0 Å². The molecule has 0 amide bonds. The lowest BCUT2D eigenvalue weighted by atomic mass is 9.90. The largest absolute Gasteiger partial charge is 0.465 e. The van der Waals surface area contributed by atoms with E-state index in [0.717, 1.165) is 33.2 Å². The number of hydrogen-bond donors (Lipinski definition) is 0. The molecule has 0 saturated heterocycles. The zero-order valence-electron chi connectivity index (χ0n) is 14.9. The van der Waals surface area contributed by atoms with Crippen molar-refractivity contribution in [2.75, 3.05) is 18.6 Å². The molecule has 3 heterocycles. The Labute approximate surface area is 160 Å². The van der Waals surface area contributed by atoms with E-state index in [9.17, 15) is 4.79 Å². The van der Waals surface area contributed by atoms with Crippen LogP contribution in [0.25, 0.3) is 10.2 Å². The minimum atomic E-state index is -0.212. The number of aromatic nitrogens is 2. The average molecular weight is 399 g/mol. The number of carbonyl (C=O) groups excluding carboxylic acids is 1. The summed E-state index contributed by atoms with van der Waals surface area (Å²) in [4.78, 5) is 23.3. The number of rotatable bonds is 6. The van der Waals surface area contributed by atoms with Crippen LogP contribution in [0.2, 0.25) is 0 Å². The van der Waals surface area contributed by atoms with E-state index in [0.29, 0.717) is 13.2 Å². The van der Waals surface area contributed by atoms with E-state index in [4.69, 9.17) is 9.47 Å². The smallest absolute Gasteiger partial charge is 0.316 e. The monoisotopic (exact) mass is 398 g/mol. The van der Waals surface area contributed by atoms with Gasteiger partial charge in [-0.25, -0.2) is 9.97 Å². The summed E-state index contributed by atoms with van der Waals surface area (Å²) >= 11 is 4.64. The molecule has 1 aliphatic heterocycles. The third-order valence-corrected chi connectivity index (χ3v) is 6.94. The lowest BCUT2D eigenvalue weighted by Gasteiger charge is -2.33. The highest BCUT2D eigenvalue weighted by molar-refractivity contribution is 8.00. The number of fused-ring (bicyclic) bond motifs is 3. The van der Waals surface area contributed by atoms with Crippen LogP contribution in [-0.2, 0) is 27.3 Å². The summed E-state index contributed by atoms with van der Waals surface area (Å²) < 4.78 is 11.1. The van der Waals surface area contributed by atoms with Crippen LogP contribution in [0.15, 0.2) is 10.2 Å². The summed E-state index contributed by atoms with van der Waals surface area (Å²) in [5, 5.41) is 2.70. The fraction of sp³-hybridized carbons (Fsp3) is 0.588. The third kappa shape index (κ3) is 3.97. The molecular formula is C17H22N2O3S3. The maximum Gasteiger partial charge on any atom is 0.316 e. The molecule has 0 spiro atoms. The van der Waals surface area contributed by atoms with Crippen LogP contribution in [0.3, 0.4) is 0 Å². The first-order chi connectivity index (χ1) is 12.0. The van der Waals surface area contributed by atoms with Gasteiger partial charge in [-0.15, -0.1) is 11.3 Å². The Morgan fingerprint density at radius 2 is 2.20 bits per heavy atom. The zero-order valence-corrected chi connectivity index (χ0v) is 17.3. The Balaban J connectivity index is 2.02. The predicted octanol–water partition coefficient (Wildman–Crippen LogP) is 4.31. The van der Waals surface area contributed by atoms with Crippen LogP contribution in [-0.4, -0.2) is 40.2 Å². The summed E-state index contributed by atoms with van der Waals surface area (Å²) in [5.41, 5.74) is 1.14. The molecule has 0 N–H and O–H groups in total. The number of thioether (sulfide) groups is 2. The normalized spacial score (nSPS) is 19.8. The van der Waals surface area contributed by atoms with E-state index < -0.39 is 0 Å². The van der Waals surface area contributed by atoms with Crippen LogP contribution in [0.5, 0.6) is 0 Å². The van der Waals surface area contributed by atoms with Gasteiger partial charge in [0.1, 0.15) is 9.86 Å². The average Bonchev–Trinajstić information content (AvgIpc) is 2.97. The van der Waals surface area contributed by atoms with Crippen molar-refractivity contribution in [1.29, 1.82) is 0 Å². The molecule has 2 aromatic heterocycles. The minimum absolute atomic E-state index is 0.151. The lowest BCUT2D eigenvalue weighted by molar-refractivity contribution is -0.139. The molecule has 2 aromatic rings. The molecule has 5 nitrogen and oxygen atoms in total. The van der Waals surface area contributed by atoms with Gasteiger partial charge in [0.05, 0.1) is 24.6 Å². The molecule has 0 saturated carbocycles. The van der Waals surface area contributed by atoms with Gasteiger partial charge in [0.2, 0.25) is 0 Å². The van der Waals surface area contributed by atoms with E-state index in [1.807, 2.05) is 13.2 Å². The molecule has 136 valence electrons. The highest BCUT2D eigenvalue weighted by Crippen LogP contribution is 2.43. The topological polar surface area (TPSA) is 61.3 Å². The van der Waals surface area contributed by atoms with E-state index in [1.54, 1.807) is 11.3 Å². The lowest BCUT2D eigenvalue weighted by Crippen LogP contribution is -2.33. The number of hydrogen-bond acceptors (Lipinski definition) is 8. The zero-order chi connectivity index (χ0) is 18.0. The second-order valence-electron chi connectivity index (χ2n) is 6.06. The second kappa shape index (κ2) is 7.82. The summed E-state index contributed by atoms with van der Waals surface area (Å²) in [6, 6.07) is 0. The molecule has 1 atom stereocenters. The Morgan fingerprint density at radius 3 is 2.88 bits per heavy atom. The fourth-order valence-electron chi connectivity index (χ4n) is 2.77. The molecule has 8 heteroatoms. The van der Waals surface area contributed by atoms with Gasteiger partial charge in [-0.1, -0.05) is 30.4 Å². The predicted molar refractivity (Wildman–Crippen MR) is 104 cm³/mol. The van der Waals surface area contributed by atoms with Gasteiger partial charge in [0.15, 0.2) is 5.16 Å². The van der Waals surface area contributed by atoms with Crippen molar-refractivity contribution in [3.05, 3.63) is 10.4 Å². The van der Waals surface area contributed by atoms with Gasteiger partial charge in [-0.2, -0.15) is 0 Å². The maximum atomic E-state index is 11.8. The minimum Gasteiger partial charge on any atom is -0.465 e. The van der Waals surface area contributed by atoms with E-state index in [2.05, 4.69) is 23.8 Å². The summed E-state index contributed by atoms with van der Waals surface area (Å²) in [6.07, 6.45) is 3.78. The standard InChI is InChI=1S/C17H22N2O3S3/c1-5-17(3)7-10-11(8-22-17)25-15-13(10)14(18-16(19-15)23-4)24-9-12(20)21-6-2/h5-9H2,1-4H3/t17-/m1/s1. The molecule has 0 fully saturated rings. The second-order valence-corrected chi connectivity index (χ2v) is 8.88. The van der Waals surface area contributed by atoms with Crippen molar-refractivity contribution in [1.82, 2.24) is 9.97 Å². The van der Waals surface area contributed by atoms with E-state index in [1.165, 1.54) is 34.0 Å². The van der Waals surface area contributed by atoms with Crippen LogP contribution in [0.1, 0.15) is 37.6 Å². The van der Waals surface area contributed by atoms with Crippen molar-refractivity contribution >= 4 is 51.0 Å². The molecule has 0 bridgehead atoms. The van der Waals surface area contributed by atoms with Crippen molar-refractivity contribution in [3.63, 3.8) is 0 Å². The van der Waals surface area contributed by atoms with Crippen molar-refractivity contribution in [2.24, 2.45) is 0 Å². The number of nitrogens with zero attached hydrogens (tertiary/aromatic N) is 2. The number of thiophene rings is 1. The van der Waals surface area contributed by atoms with Gasteiger partial charge in [-0.3, -0.25) is 4.79 Å². The Hall–Kier alpha value is -0.830. The molecule has 0 unspecified atom stereocenters. The SMILES string of the molecule is CCOC(=O)CSc1nc(SC)nc2sc3c(c12)C[C@@](C)(CC)OC3. The van der Waals surface area contributed by atoms with Gasteiger partial charge in [0.25, 0.3) is 0 Å². The quantitative estimate of drug-likeness (QED) is 0.311. The number of carbonyl (C=O) groups is 1. The number of ether oxygens (including phenoxy) is 2. The van der Waals surface area contributed by atoms with Gasteiger partial charge >= 0.3 is 5.97 Å². The third-order valence-electron chi connectivity index (χ3n) is 4.35. The highest BCUT2D eigenvalue weighted by atomic mass is 32.2. The van der Waals surface area contributed by atoms with Crippen molar-refractivity contribution in [2.45, 2.75) is 56.0 Å². The Bertz CT molecular complexity index is 793. The first-order valence-corrected chi connectivity index (χ1v) is 11.3. The molecule has 0 aromatic carbocycles. The van der Waals surface area contributed by atoms with Crippen molar-refractivity contribution < 1.29 is 14.3 Å². The van der Waals surface area contributed by atoms with E-state index >= 15 is 0 Å². The van der Waals surface area contributed by atoms with E-state index in [-0.39, 0.29) is 17.3 Å². The molecule has 3 rings (SSSR count). The molecule has 0 aliphatic carbocycles. The van der Waals surface area contributed by atoms with Crippen LogP contribution in [0, 0.1) is 0 Å². The van der Waals surface area contributed by atoms with Gasteiger partial charge in [0, 0.05) is 16.7 Å². The van der Waals surface area contributed by atoms with Crippen LogP contribution in [0.4, 0.5) is 0 Å². The van der Waals surface area contributed by atoms with Crippen LogP contribution < -0.4 is 0 Å². The first kappa shape index (κ1) is 18.9. The first-order valence-electron chi connectivity index (χ1n) is 8.28. The number of esters is 1. The van der Waals surface area contributed by atoms with Gasteiger partial charge in [-0.05, 0) is 32.1 Å². The molecule has 1 aliphatic rings. The highest BCUT2D eigenvalue weighted by Gasteiger charge is 2.33. The summed E-state index contributed by atoms with van der Waals surface area (Å²) in [6.45, 7) is 7.14. The fourth-order valence-corrected chi connectivity index (χ4v) is 5.27. The summed E-state index contributed by atoms with van der Waals surface area (Å²) in [5.74, 6) is 0.0516. The van der Waals surface area contributed by atoms with Crippen LogP contribution >= 0.6 is 34.9 Å². The Morgan fingerprint density at radius 1 is 1.40 bits per heavy atom. The molecule has 25 heavy (non-hydrogen) atoms. The maximum absolute atomic E-state index is 11.8. The van der Waals surface area contributed by atoms with Gasteiger partial charge < -0.3 is 9.47 Å².